The summed E-state index contributed by atoms with van der Waals surface area (Å²) in [6.45, 7) is 1.72. The highest BCUT2D eigenvalue weighted by molar-refractivity contribution is 5.97. The zero-order valence-corrected chi connectivity index (χ0v) is 21.2. The summed E-state index contributed by atoms with van der Waals surface area (Å²) in [4.78, 5) is 61.8. The summed E-state index contributed by atoms with van der Waals surface area (Å²) in [7, 11) is 0. The molecule has 0 saturated carbocycles. The van der Waals surface area contributed by atoms with Crippen LogP contribution in [0.5, 0.6) is 6.01 Å². The fourth-order valence-electron chi connectivity index (χ4n) is 3.54. The number of benzene rings is 2. The quantitative estimate of drug-likeness (QED) is 0.312. The van der Waals surface area contributed by atoms with Gasteiger partial charge in [0.15, 0.2) is 0 Å². The van der Waals surface area contributed by atoms with Gasteiger partial charge in [0.25, 0.3) is 5.91 Å². The number of anilines is 2. The van der Waals surface area contributed by atoms with Gasteiger partial charge in [-0.15, -0.1) is 0 Å². The number of rotatable bonds is 2. The normalized spacial score (nSPS) is 15.1. The number of aromatic nitrogens is 3. The van der Waals surface area contributed by atoms with Gasteiger partial charge >= 0.3 is 6.01 Å². The van der Waals surface area contributed by atoms with Crippen LogP contribution in [0.3, 0.4) is 0 Å². The molecule has 5 N–H and O–H groups in total. The number of hydrogen-bond donors (Lipinski definition) is 5. The summed E-state index contributed by atoms with van der Waals surface area (Å²) in [5.41, 5.74) is 2.69. The number of nitrogens with zero attached hydrogens (tertiary/aromatic N) is 3. The molecule has 202 valence electrons. The van der Waals surface area contributed by atoms with Gasteiger partial charge in [0.05, 0.1) is 26.2 Å². The van der Waals surface area contributed by atoms with E-state index in [2.05, 4.69) is 41.5 Å². The van der Waals surface area contributed by atoms with Crippen LogP contribution in [-0.2, 0) is 27.3 Å². The Morgan fingerprint density at radius 2 is 1.33 bits per heavy atom. The Morgan fingerprint density at radius 3 is 2.03 bits per heavy atom. The molecule has 0 saturated heterocycles. The van der Waals surface area contributed by atoms with E-state index >= 15 is 0 Å². The van der Waals surface area contributed by atoms with Gasteiger partial charge in [-0.3, -0.25) is 19.2 Å². The Labute approximate surface area is 224 Å². The van der Waals surface area contributed by atoms with Crippen molar-refractivity contribution in [1.29, 1.82) is 0 Å². The van der Waals surface area contributed by atoms with Crippen molar-refractivity contribution in [1.82, 2.24) is 30.9 Å². The summed E-state index contributed by atoms with van der Waals surface area (Å²) in [6, 6.07) is 14.2. The number of fused-ring (bicyclic) bond motifs is 2. The Kier molecular flexibility index (Phi) is 8.95. The molecule has 13 heteroatoms. The fraction of sp³-hybridized carbons (Fsp3) is 0.269. The van der Waals surface area contributed by atoms with Gasteiger partial charge in [0.1, 0.15) is 5.82 Å². The van der Waals surface area contributed by atoms with Crippen LogP contribution in [0.2, 0.25) is 0 Å². The molecule has 6 rings (SSSR count). The van der Waals surface area contributed by atoms with Crippen molar-refractivity contribution in [3.63, 3.8) is 0 Å². The molecule has 0 spiro atoms. The van der Waals surface area contributed by atoms with Crippen molar-refractivity contribution in [3.05, 3.63) is 71.0 Å². The van der Waals surface area contributed by atoms with Crippen LogP contribution in [0.15, 0.2) is 48.5 Å². The van der Waals surface area contributed by atoms with Crippen molar-refractivity contribution in [3.8, 4) is 6.01 Å². The van der Waals surface area contributed by atoms with Gasteiger partial charge < -0.3 is 31.3 Å². The minimum Gasteiger partial charge on any atom is -0.464 e. The third-order valence-corrected chi connectivity index (χ3v) is 5.50. The SMILES string of the molecule is CCOc1nc2nc(n1)NCc1ccc(cc1)NC(=O)CNC(=O)CNC(=O)CNC(=O)c1ccc(cc1)C2. The first kappa shape index (κ1) is 27.0. The lowest BCUT2D eigenvalue weighted by molar-refractivity contribution is -0.126. The van der Waals surface area contributed by atoms with Crippen LogP contribution >= 0.6 is 0 Å². The Morgan fingerprint density at radius 1 is 0.692 bits per heavy atom. The molecule has 0 fully saturated rings. The van der Waals surface area contributed by atoms with Crippen molar-refractivity contribution in [2.24, 2.45) is 0 Å². The second-order valence-corrected chi connectivity index (χ2v) is 8.50. The van der Waals surface area contributed by atoms with Crippen molar-refractivity contribution in [2.75, 3.05) is 36.9 Å². The maximum Gasteiger partial charge on any atom is 0.321 e. The monoisotopic (exact) mass is 532 g/mol. The Bertz CT molecular complexity index is 1350. The summed E-state index contributed by atoms with van der Waals surface area (Å²) < 4.78 is 5.51. The van der Waals surface area contributed by atoms with E-state index < -0.39 is 23.6 Å². The van der Waals surface area contributed by atoms with Crippen LogP contribution in [0.4, 0.5) is 11.6 Å². The fourth-order valence-corrected chi connectivity index (χ4v) is 3.54. The molecule has 3 aliphatic rings. The van der Waals surface area contributed by atoms with Gasteiger partial charge in [0, 0.05) is 24.2 Å². The summed E-state index contributed by atoms with van der Waals surface area (Å²) >= 11 is 0. The Balaban J connectivity index is 1.54. The minimum atomic E-state index is -0.547. The molecule has 4 heterocycles. The summed E-state index contributed by atoms with van der Waals surface area (Å²) in [5.74, 6) is -1.13. The number of ether oxygens (including phenoxy) is 1. The first-order valence-electron chi connectivity index (χ1n) is 12.3. The molecule has 0 unspecified atom stereocenters. The van der Waals surface area contributed by atoms with Gasteiger partial charge in [-0.25, -0.2) is 0 Å². The third-order valence-electron chi connectivity index (χ3n) is 5.50. The lowest BCUT2D eigenvalue weighted by atomic mass is 10.1. The molecule has 3 aliphatic heterocycles. The lowest BCUT2D eigenvalue weighted by Gasteiger charge is -2.10. The standard InChI is InChI=1S/C26H28N8O5/c1-2-39-26-33-20-11-16-3-7-18(8-4-16)24(38)29-14-22(36)27-13-21(35)28-15-23(37)31-19-9-5-17(6-10-19)12-30-25(32-20)34-26/h3-10H,2,11-15H2,1H3,(H,27,36)(H,28,35)(H,29,38)(H,31,37)(H,30,32,33,34). The smallest absolute Gasteiger partial charge is 0.321 e. The largest absolute Gasteiger partial charge is 0.464 e. The third kappa shape index (κ3) is 8.21. The average molecular weight is 533 g/mol. The molecule has 0 aliphatic carbocycles. The first-order chi connectivity index (χ1) is 18.9. The number of amides is 4. The van der Waals surface area contributed by atoms with Crippen LogP contribution < -0.4 is 31.3 Å². The van der Waals surface area contributed by atoms with E-state index in [4.69, 9.17) is 4.74 Å². The van der Waals surface area contributed by atoms with E-state index in [1.807, 2.05) is 19.1 Å². The number of carbonyl (C=O) groups excluding carboxylic acids is 4. The van der Waals surface area contributed by atoms with Gasteiger partial charge in [-0.05, 0) is 42.3 Å². The van der Waals surface area contributed by atoms with Crippen LogP contribution in [0.1, 0.15) is 34.2 Å². The van der Waals surface area contributed by atoms with Crippen LogP contribution in [-0.4, -0.2) is 64.8 Å². The van der Waals surface area contributed by atoms with E-state index in [0.717, 1.165) is 11.1 Å². The molecule has 0 radical (unpaired) electrons. The number of nitrogens with one attached hydrogen (secondary N) is 5. The maximum atomic E-state index is 12.4. The first-order valence-corrected chi connectivity index (χ1v) is 12.3. The van der Waals surface area contributed by atoms with Gasteiger partial charge in [-0.1, -0.05) is 24.3 Å². The molecular formula is C26H28N8O5. The number of carbonyl (C=O) groups is 4. The van der Waals surface area contributed by atoms with Crippen molar-refractivity contribution in [2.45, 2.75) is 19.9 Å². The number of hydrogen-bond acceptors (Lipinski definition) is 9. The van der Waals surface area contributed by atoms with E-state index in [1.165, 1.54) is 0 Å². The van der Waals surface area contributed by atoms with Crippen molar-refractivity contribution >= 4 is 35.3 Å². The predicted molar refractivity (Wildman–Crippen MR) is 141 cm³/mol. The zero-order valence-electron chi connectivity index (χ0n) is 21.2. The Hall–Kier alpha value is -5.07. The van der Waals surface area contributed by atoms with E-state index in [1.54, 1.807) is 36.4 Å². The molecule has 39 heavy (non-hydrogen) atoms. The molecular weight excluding hydrogens is 504 g/mol. The molecule has 2 aromatic carbocycles. The second-order valence-electron chi connectivity index (χ2n) is 8.50. The van der Waals surface area contributed by atoms with E-state index in [0.29, 0.717) is 42.6 Å². The maximum absolute atomic E-state index is 12.4. The summed E-state index contributed by atoms with van der Waals surface area (Å²) in [6.07, 6.45) is 0.373. The van der Waals surface area contributed by atoms with Crippen molar-refractivity contribution < 1.29 is 23.9 Å². The predicted octanol–water partition coefficient (Wildman–Crippen LogP) is 0.388. The van der Waals surface area contributed by atoms with E-state index in [9.17, 15) is 19.2 Å². The molecule has 0 atom stereocenters. The molecule has 6 bridgehead atoms. The average Bonchev–Trinajstić information content (AvgIpc) is 2.93. The lowest BCUT2D eigenvalue weighted by Crippen LogP contribution is -2.43. The second kappa shape index (κ2) is 12.9. The molecule has 3 aromatic rings. The molecule has 4 amide bonds. The zero-order chi connectivity index (χ0) is 27.6. The topological polar surface area (TPSA) is 176 Å². The molecule has 1 aromatic heterocycles. The highest BCUT2D eigenvalue weighted by Gasteiger charge is 2.13. The molecule has 13 nitrogen and oxygen atoms in total. The van der Waals surface area contributed by atoms with Gasteiger partial charge in [0.2, 0.25) is 23.7 Å². The van der Waals surface area contributed by atoms with Crippen LogP contribution in [0, 0.1) is 0 Å². The van der Waals surface area contributed by atoms with Crippen LogP contribution in [0.25, 0.3) is 0 Å². The van der Waals surface area contributed by atoms with E-state index in [-0.39, 0.29) is 25.6 Å². The minimum absolute atomic E-state index is 0.196. The van der Waals surface area contributed by atoms with Gasteiger partial charge in [-0.2, -0.15) is 15.0 Å². The summed E-state index contributed by atoms with van der Waals surface area (Å²) in [5, 5.41) is 13.2. The highest BCUT2D eigenvalue weighted by Crippen LogP contribution is 2.15. The highest BCUT2D eigenvalue weighted by atomic mass is 16.5.